The van der Waals surface area contributed by atoms with Crippen molar-refractivity contribution in [3.63, 3.8) is 0 Å². The van der Waals surface area contributed by atoms with Gasteiger partial charge in [0, 0.05) is 6.07 Å². The summed E-state index contributed by atoms with van der Waals surface area (Å²) in [5, 5.41) is 3.63. The van der Waals surface area contributed by atoms with Crippen molar-refractivity contribution in [3.8, 4) is 0 Å². The summed E-state index contributed by atoms with van der Waals surface area (Å²) in [6, 6.07) is 5.65. The van der Waals surface area contributed by atoms with Gasteiger partial charge in [0.05, 0.1) is 13.1 Å². The van der Waals surface area contributed by atoms with Crippen LogP contribution < -0.4 is 5.73 Å². The summed E-state index contributed by atoms with van der Waals surface area (Å²) < 4.78 is 10.5. The van der Waals surface area contributed by atoms with Crippen LogP contribution in [0, 0.1) is 6.92 Å². The van der Waals surface area contributed by atoms with E-state index in [0.717, 1.165) is 23.8 Å². The van der Waals surface area contributed by atoms with Gasteiger partial charge in [0.25, 0.3) is 0 Å². The Morgan fingerprint density at radius 3 is 2.62 bits per heavy atom. The van der Waals surface area contributed by atoms with Gasteiger partial charge in [-0.15, -0.1) is 0 Å². The first-order valence-corrected chi connectivity index (χ1v) is 5.08. The van der Waals surface area contributed by atoms with Crippen molar-refractivity contribution in [1.82, 2.24) is 10.1 Å². The Balaban J connectivity index is 1.91. The van der Waals surface area contributed by atoms with Gasteiger partial charge in [0.2, 0.25) is 0 Å². The zero-order valence-electron chi connectivity index (χ0n) is 9.43. The normalized spacial score (nSPS) is 11.2. The summed E-state index contributed by atoms with van der Waals surface area (Å²) in [6.45, 7) is 3.32. The number of nitrogens with zero attached hydrogens (tertiary/aromatic N) is 2. The van der Waals surface area contributed by atoms with Crippen LogP contribution in [0.15, 0.2) is 27.1 Å². The largest absolute Gasteiger partial charge is 0.465 e. The number of aromatic nitrogens is 1. The second-order valence-electron chi connectivity index (χ2n) is 3.90. The molecule has 2 N–H and O–H groups in total. The Bertz CT molecular complexity index is 419. The SMILES string of the molecule is Cc1ccc(CN(C)Cc2cc(N)no2)o1. The van der Waals surface area contributed by atoms with Crippen LogP contribution in [0.3, 0.4) is 0 Å². The van der Waals surface area contributed by atoms with Gasteiger partial charge in [-0.05, 0) is 26.1 Å². The Morgan fingerprint density at radius 1 is 1.31 bits per heavy atom. The summed E-state index contributed by atoms with van der Waals surface area (Å²) in [5.41, 5.74) is 5.47. The van der Waals surface area contributed by atoms with Crippen molar-refractivity contribution in [3.05, 3.63) is 35.5 Å². The minimum Gasteiger partial charge on any atom is -0.465 e. The first-order valence-electron chi connectivity index (χ1n) is 5.08. The average molecular weight is 221 g/mol. The molecule has 2 heterocycles. The Kier molecular flexibility index (Phi) is 2.96. The van der Waals surface area contributed by atoms with E-state index in [1.54, 1.807) is 6.07 Å². The molecule has 86 valence electrons. The number of furan rings is 1. The second-order valence-corrected chi connectivity index (χ2v) is 3.90. The minimum atomic E-state index is 0.414. The molecule has 0 spiro atoms. The van der Waals surface area contributed by atoms with E-state index in [1.165, 1.54) is 0 Å². The molecule has 0 aliphatic heterocycles. The molecule has 0 saturated carbocycles. The molecule has 0 amide bonds. The van der Waals surface area contributed by atoms with Gasteiger partial charge in [-0.1, -0.05) is 5.16 Å². The monoisotopic (exact) mass is 221 g/mol. The number of hydrogen-bond acceptors (Lipinski definition) is 5. The van der Waals surface area contributed by atoms with Crippen LogP contribution in [-0.4, -0.2) is 17.1 Å². The highest BCUT2D eigenvalue weighted by atomic mass is 16.5. The summed E-state index contributed by atoms with van der Waals surface area (Å²) in [5.74, 6) is 3.03. The first-order chi connectivity index (χ1) is 7.63. The lowest BCUT2D eigenvalue weighted by Crippen LogP contribution is -2.16. The Morgan fingerprint density at radius 2 is 2.06 bits per heavy atom. The molecule has 2 rings (SSSR count). The van der Waals surface area contributed by atoms with Crippen molar-refractivity contribution >= 4 is 5.82 Å². The van der Waals surface area contributed by atoms with Crippen molar-refractivity contribution in [2.75, 3.05) is 12.8 Å². The molecule has 0 radical (unpaired) electrons. The molecule has 0 bridgehead atoms. The zero-order chi connectivity index (χ0) is 11.5. The molecule has 0 aliphatic carbocycles. The maximum absolute atomic E-state index is 5.48. The summed E-state index contributed by atoms with van der Waals surface area (Å²) in [4.78, 5) is 2.07. The highest BCUT2D eigenvalue weighted by Gasteiger charge is 2.08. The third kappa shape index (κ3) is 2.64. The number of anilines is 1. The molecular formula is C11H15N3O2. The van der Waals surface area contributed by atoms with E-state index in [4.69, 9.17) is 14.7 Å². The van der Waals surface area contributed by atoms with Gasteiger partial charge in [0.1, 0.15) is 11.5 Å². The predicted molar refractivity (Wildman–Crippen MR) is 59.5 cm³/mol. The van der Waals surface area contributed by atoms with E-state index >= 15 is 0 Å². The Hall–Kier alpha value is -1.75. The number of rotatable bonds is 4. The summed E-state index contributed by atoms with van der Waals surface area (Å²) in [7, 11) is 1.98. The van der Waals surface area contributed by atoms with Crippen LogP contribution in [0.5, 0.6) is 0 Å². The number of nitrogens with two attached hydrogens (primary N) is 1. The number of nitrogen functional groups attached to an aromatic ring is 1. The van der Waals surface area contributed by atoms with Crippen LogP contribution in [0.4, 0.5) is 5.82 Å². The van der Waals surface area contributed by atoms with Gasteiger partial charge >= 0.3 is 0 Å². The van der Waals surface area contributed by atoms with E-state index in [1.807, 2.05) is 26.1 Å². The molecule has 2 aromatic heterocycles. The average Bonchev–Trinajstić information content (AvgIpc) is 2.76. The third-order valence-electron chi connectivity index (χ3n) is 2.22. The highest BCUT2D eigenvalue weighted by Crippen LogP contribution is 2.12. The lowest BCUT2D eigenvalue weighted by atomic mass is 10.3. The van der Waals surface area contributed by atoms with E-state index in [0.29, 0.717) is 12.4 Å². The fourth-order valence-electron chi connectivity index (χ4n) is 1.56. The van der Waals surface area contributed by atoms with Crippen LogP contribution >= 0.6 is 0 Å². The smallest absolute Gasteiger partial charge is 0.167 e. The fraction of sp³-hybridized carbons (Fsp3) is 0.364. The second kappa shape index (κ2) is 4.40. The van der Waals surface area contributed by atoms with Gasteiger partial charge in [0.15, 0.2) is 11.6 Å². The van der Waals surface area contributed by atoms with Gasteiger partial charge < -0.3 is 14.7 Å². The minimum absolute atomic E-state index is 0.414. The van der Waals surface area contributed by atoms with E-state index in [9.17, 15) is 0 Å². The molecule has 16 heavy (non-hydrogen) atoms. The quantitative estimate of drug-likeness (QED) is 0.852. The van der Waals surface area contributed by atoms with Crippen molar-refractivity contribution in [1.29, 1.82) is 0 Å². The fourth-order valence-corrected chi connectivity index (χ4v) is 1.56. The molecule has 0 aliphatic rings. The van der Waals surface area contributed by atoms with Crippen molar-refractivity contribution in [2.24, 2.45) is 0 Å². The number of hydrogen-bond donors (Lipinski definition) is 1. The summed E-state index contributed by atoms with van der Waals surface area (Å²) in [6.07, 6.45) is 0. The molecule has 2 aromatic rings. The van der Waals surface area contributed by atoms with E-state index < -0.39 is 0 Å². The predicted octanol–water partition coefficient (Wildman–Crippen LogP) is 1.79. The van der Waals surface area contributed by atoms with Gasteiger partial charge in [-0.25, -0.2) is 0 Å². The van der Waals surface area contributed by atoms with Crippen LogP contribution in [-0.2, 0) is 13.1 Å². The molecule has 0 atom stereocenters. The van der Waals surface area contributed by atoms with Gasteiger partial charge in [-0.2, -0.15) is 0 Å². The number of aryl methyl sites for hydroxylation is 1. The van der Waals surface area contributed by atoms with E-state index in [2.05, 4.69) is 10.1 Å². The molecular weight excluding hydrogens is 206 g/mol. The van der Waals surface area contributed by atoms with Crippen molar-refractivity contribution in [2.45, 2.75) is 20.0 Å². The van der Waals surface area contributed by atoms with Crippen LogP contribution in [0.25, 0.3) is 0 Å². The standard InChI is InChI=1S/C11H15N3O2/c1-8-3-4-9(15-8)6-14(2)7-10-5-11(12)13-16-10/h3-5H,6-7H2,1-2H3,(H2,12,13). The third-order valence-corrected chi connectivity index (χ3v) is 2.22. The Labute approximate surface area is 93.8 Å². The van der Waals surface area contributed by atoms with Gasteiger partial charge in [-0.3, -0.25) is 4.90 Å². The van der Waals surface area contributed by atoms with Crippen molar-refractivity contribution < 1.29 is 8.94 Å². The lowest BCUT2D eigenvalue weighted by Gasteiger charge is -2.12. The molecule has 5 heteroatoms. The topological polar surface area (TPSA) is 68.4 Å². The molecule has 0 saturated heterocycles. The maximum atomic E-state index is 5.48. The zero-order valence-corrected chi connectivity index (χ0v) is 9.43. The van der Waals surface area contributed by atoms with Crippen LogP contribution in [0.1, 0.15) is 17.3 Å². The molecule has 0 fully saturated rings. The van der Waals surface area contributed by atoms with Crippen LogP contribution in [0.2, 0.25) is 0 Å². The van der Waals surface area contributed by atoms with E-state index in [-0.39, 0.29) is 0 Å². The summed E-state index contributed by atoms with van der Waals surface area (Å²) >= 11 is 0. The maximum Gasteiger partial charge on any atom is 0.167 e. The molecule has 0 unspecified atom stereocenters. The first kappa shape index (κ1) is 10.8. The molecule has 5 nitrogen and oxygen atoms in total. The molecule has 0 aromatic carbocycles. The lowest BCUT2D eigenvalue weighted by molar-refractivity contribution is 0.248. The highest BCUT2D eigenvalue weighted by molar-refractivity contribution is 5.26.